The summed E-state index contributed by atoms with van der Waals surface area (Å²) < 4.78 is 16.3. The smallest absolute Gasteiger partial charge is 0.247 e. The van der Waals surface area contributed by atoms with Crippen LogP contribution in [0.1, 0.15) is 23.8 Å². The molecule has 5 heteroatoms. The molecule has 0 aliphatic rings. The first-order valence-electron chi connectivity index (χ1n) is 9.53. The number of rotatable bonds is 9. The molecule has 3 rings (SSSR count). The van der Waals surface area contributed by atoms with E-state index in [1.54, 1.807) is 30.4 Å². The fourth-order valence-corrected chi connectivity index (χ4v) is 2.94. The molecule has 0 fully saturated rings. The predicted molar refractivity (Wildman–Crippen MR) is 113 cm³/mol. The molecule has 1 heterocycles. The first kappa shape index (κ1) is 20.3. The number of benzene rings is 2. The molecule has 1 amide bonds. The lowest BCUT2D eigenvalue weighted by molar-refractivity contribution is -0.127. The number of carbonyl (C=O) groups is 1. The molecule has 0 radical (unpaired) electrons. The topological polar surface area (TPSA) is 51.9 Å². The van der Waals surface area contributed by atoms with Crippen LogP contribution in [0.25, 0.3) is 6.08 Å². The largest absolute Gasteiger partial charge is 0.493 e. The quantitative estimate of drug-likeness (QED) is 0.486. The molecule has 150 valence electrons. The highest BCUT2D eigenvalue weighted by Gasteiger charge is 2.14. The van der Waals surface area contributed by atoms with E-state index in [1.807, 2.05) is 67.6 Å². The first-order valence-corrected chi connectivity index (χ1v) is 9.53. The van der Waals surface area contributed by atoms with Crippen LogP contribution < -0.4 is 9.47 Å². The van der Waals surface area contributed by atoms with Crippen molar-refractivity contribution in [3.05, 3.63) is 89.9 Å². The van der Waals surface area contributed by atoms with Crippen molar-refractivity contribution < 1.29 is 18.7 Å². The number of hydrogen-bond donors (Lipinski definition) is 0. The minimum Gasteiger partial charge on any atom is -0.493 e. The minimum atomic E-state index is -0.0990. The molecule has 0 unspecified atom stereocenters. The minimum absolute atomic E-state index is 0.0990. The van der Waals surface area contributed by atoms with E-state index in [-0.39, 0.29) is 5.91 Å². The van der Waals surface area contributed by atoms with E-state index in [0.29, 0.717) is 31.2 Å². The van der Waals surface area contributed by atoms with E-state index in [1.165, 1.54) is 0 Å². The van der Waals surface area contributed by atoms with E-state index in [4.69, 9.17) is 13.9 Å². The third-order valence-corrected chi connectivity index (χ3v) is 4.36. The van der Waals surface area contributed by atoms with Crippen LogP contribution >= 0.6 is 0 Å². The monoisotopic (exact) mass is 391 g/mol. The number of carbonyl (C=O) groups excluding carboxylic acids is 1. The van der Waals surface area contributed by atoms with Crippen LogP contribution in [0.3, 0.4) is 0 Å². The summed E-state index contributed by atoms with van der Waals surface area (Å²) in [7, 11) is 1.60. The molecule has 0 atom stereocenters. The van der Waals surface area contributed by atoms with Crippen LogP contribution in [0.2, 0.25) is 0 Å². The van der Waals surface area contributed by atoms with Gasteiger partial charge in [-0.1, -0.05) is 36.4 Å². The molecule has 0 bridgehead atoms. The molecule has 3 aromatic rings. The molecule has 5 nitrogen and oxygen atoms in total. The maximum absolute atomic E-state index is 12.9. The van der Waals surface area contributed by atoms with E-state index in [0.717, 1.165) is 16.9 Å². The van der Waals surface area contributed by atoms with Gasteiger partial charge in [0, 0.05) is 12.6 Å². The van der Waals surface area contributed by atoms with Gasteiger partial charge < -0.3 is 18.8 Å². The van der Waals surface area contributed by atoms with Crippen molar-refractivity contribution in [2.45, 2.75) is 20.0 Å². The third-order valence-electron chi connectivity index (χ3n) is 4.36. The molecule has 0 aliphatic carbocycles. The second-order valence-electron chi connectivity index (χ2n) is 6.44. The molecule has 0 spiro atoms. The zero-order chi connectivity index (χ0) is 20.5. The van der Waals surface area contributed by atoms with Gasteiger partial charge in [-0.05, 0) is 48.4 Å². The molecule has 0 N–H and O–H groups in total. The molecule has 0 saturated heterocycles. The SMILES string of the molecule is CCOc1ccc(C=CC(=O)N(Cc2ccccc2)Cc2ccco2)cc1OC. The van der Waals surface area contributed by atoms with E-state index in [2.05, 4.69) is 0 Å². The predicted octanol–water partition coefficient (Wildman–Crippen LogP) is 4.93. The summed E-state index contributed by atoms with van der Waals surface area (Å²) >= 11 is 0. The Balaban J connectivity index is 1.76. The van der Waals surface area contributed by atoms with Crippen molar-refractivity contribution in [1.82, 2.24) is 4.90 Å². The summed E-state index contributed by atoms with van der Waals surface area (Å²) in [6.45, 7) is 3.38. The molecular weight excluding hydrogens is 366 g/mol. The second-order valence-corrected chi connectivity index (χ2v) is 6.44. The van der Waals surface area contributed by atoms with Gasteiger partial charge in [0.05, 0.1) is 26.5 Å². The summed E-state index contributed by atoms with van der Waals surface area (Å²) in [5.74, 6) is 1.96. The van der Waals surface area contributed by atoms with Crippen LogP contribution in [0.15, 0.2) is 77.4 Å². The van der Waals surface area contributed by atoms with E-state index in [9.17, 15) is 4.79 Å². The first-order chi connectivity index (χ1) is 14.2. The summed E-state index contributed by atoms with van der Waals surface area (Å²) in [6, 6.07) is 19.2. The van der Waals surface area contributed by atoms with Gasteiger partial charge in [-0.25, -0.2) is 0 Å². The van der Waals surface area contributed by atoms with Gasteiger partial charge in [-0.2, -0.15) is 0 Å². The van der Waals surface area contributed by atoms with Gasteiger partial charge in [0.2, 0.25) is 5.91 Å². The molecule has 0 aliphatic heterocycles. The zero-order valence-corrected chi connectivity index (χ0v) is 16.7. The zero-order valence-electron chi connectivity index (χ0n) is 16.7. The van der Waals surface area contributed by atoms with Crippen LogP contribution in [0.5, 0.6) is 11.5 Å². The van der Waals surface area contributed by atoms with Crippen molar-refractivity contribution in [3.8, 4) is 11.5 Å². The Morgan fingerprint density at radius 1 is 1.03 bits per heavy atom. The van der Waals surface area contributed by atoms with Crippen LogP contribution in [0, 0.1) is 0 Å². The Labute approximate surface area is 171 Å². The highest BCUT2D eigenvalue weighted by molar-refractivity contribution is 5.91. The molecule has 0 saturated carbocycles. The summed E-state index contributed by atoms with van der Waals surface area (Å²) in [4.78, 5) is 14.7. The van der Waals surface area contributed by atoms with Gasteiger partial charge in [0.15, 0.2) is 11.5 Å². The molecule has 1 aromatic heterocycles. The van der Waals surface area contributed by atoms with Crippen molar-refractivity contribution in [2.75, 3.05) is 13.7 Å². The number of ether oxygens (including phenoxy) is 2. The van der Waals surface area contributed by atoms with Crippen molar-refractivity contribution >= 4 is 12.0 Å². The summed E-state index contributed by atoms with van der Waals surface area (Å²) in [6.07, 6.45) is 4.96. The van der Waals surface area contributed by atoms with Crippen molar-refractivity contribution in [3.63, 3.8) is 0 Å². The lowest BCUT2D eigenvalue weighted by Gasteiger charge is -2.20. The van der Waals surface area contributed by atoms with Crippen LogP contribution in [-0.4, -0.2) is 24.5 Å². The fraction of sp³-hybridized carbons (Fsp3) is 0.208. The molecule has 2 aromatic carbocycles. The standard InChI is InChI=1S/C24H25NO4/c1-3-28-22-13-11-19(16-23(22)27-2)12-14-24(26)25(18-21-10-7-15-29-21)17-20-8-5-4-6-9-20/h4-16H,3,17-18H2,1-2H3. The van der Waals surface area contributed by atoms with Gasteiger partial charge in [0.1, 0.15) is 5.76 Å². The number of hydrogen-bond acceptors (Lipinski definition) is 4. The number of methoxy groups -OCH3 is 1. The van der Waals surface area contributed by atoms with Crippen molar-refractivity contribution in [1.29, 1.82) is 0 Å². The lowest BCUT2D eigenvalue weighted by Crippen LogP contribution is -2.28. The Morgan fingerprint density at radius 2 is 1.86 bits per heavy atom. The molecule has 29 heavy (non-hydrogen) atoms. The Morgan fingerprint density at radius 3 is 2.55 bits per heavy atom. The fourth-order valence-electron chi connectivity index (χ4n) is 2.94. The van der Waals surface area contributed by atoms with Crippen LogP contribution in [-0.2, 0) is 17.9 Å². The lowest BCUT2D eigenvalue weighted by atomic mass is 10.1. The van der Waals surface area contributed by atoms with Gasteiger partial charge in [-0.3, -0.25) is 4.79 Å². The highest BCUT2D eigenvalue weighted by Crippen LogP contribution is 2.28. The molecular formula is C24H25NO4. The highest BCUT2D eigenvalue weighted by atomic mass is 16.5. The normalized spacial score (nSPS) is 10.8. The van der Waals surface area contributed by atoms with Crippen LogP contribution in [0.4, 0.5) is 0 Å². The van der Waals surface area contributed by atoms with Crippen molar-refractivity contribution in [2.24, 2.45) is 0 Å². The number of amides is 1. The maximum Gasteiger partial charge on any atom is 0.247 e. The third kappa shape index (κ3) is 5.75. The van der Waals surface area contributed by atoms with Gasteiger partial charge in [0.25, 0.3) is 0 Å². The number of furan rings is 1. The average Bonchev–Trinajstić information content (AvgIpc) is 3.26. The second kappa shape index (κ2) is 10.2. The van der Waals surface area contributed by atoms with Gasteiger partial charge in [-0.15, -0.1) is 0 Å². The summed E-state index contributed by atoms with van der Waals surface area (Å²) in [5, 5.41) is 0. The Hall–Kier alpha value is -3.47. The Bertz CT molecular complexity index is 933. The Kier molecular flexibility index (Phi) is 7.11. The number of nitrogens with zero attached hydrogens (tertiary/aromatic N) is 1. The van der Waals surface area contributed by atoms with Gasteiger partial charge >= 0.3 is 0 Å². The average molecular weight is 391 g/mol. The van der Waals surface area contributed by atoms with E-state index < -0.39 is 0 Å². The summed E-state index contributed by atoms with van der Waals surface area (Å²) in [5.41, 5.74) is 1.92. The van der Waals surface area contributed by atoms with E-state index >= 15 is 0 Å². The maximum atomic E-state index is 12.9.